The van der Waals surface area contributed by atoms with Crippen molar-refractivity contribution in [1.29, 1.82) is 0 Å². The molecule has 0 saturated heterocycles. The standard InChI is InChI=1S/C33H66O6Si4/c1-11-29(35-28(7)36-30(34)24(2)3)43(37-40-31(8)21-15-12-18-25(31)4,38-41-32(9)22-16-13-19-26(32)5)39-42-33(10)23-17-14-20-27(33)6/h25-29H,2,11-23,40-42H2,1,3-10H3. The summed E-state index contributed by atoms with van der Waals surface area (Å²) in [4.78, 5) is 12.4. The molecule has 43 heavy (non-hydrogen) atoms. The molecule has 8 unspecified atom stereocenters. The van der Waals surface area contributed by atoms with E-state index in [-0.39, 0.29) is 20.8 Å². The molecular formula is C33H66O6Si4. The van der Waals surface area contributed by atoms with E-state index in [1.165, 1.54) is 77.0 Å². The Morgan fingerprint density at radius 1 is 0.791 bits per heavy atom. The molecule has 8 atom stereocenters. The van der Waals surface area contributed by atoms with E-state index in [1.54, 1.807) is 6.92 Å². The van der Waals surface area contributed by atoms with Gasteiger partial charge in [-0.3, -0.25) is 0 Å². The Kier molecular flexibility index (Phi) is 14.0. The van der Waals surface area contributed by atoms with Gasteiger partial charge in [-0.15, -0.1) is 0 Å². The number of hydrogen-bond acceptors (Lipinski definition) is 6. The van der Waals surface area contributed by atoms with Crippen molar-refractivity contribution in [2.45, 2.75) is 173 Å². The molecule has 6 nitrogen and oxygen atoms in total. The predicted octanol–water partition coefficient (Wildman–Crippen LogP) is 7.19. The zero-order valence-electron chi connectivity index (χ0n) is 29.4. The maximum Gasteiger partial charge on any atom is 0.499 e. The van der Waals surface area contributed by atoms with E-state index in [9.17, 15) is 4.79 Å². The summed E-state index contributed by atoms with van der Waals surface area (Å²) in [6.45, 7) is 24.1. The second kappa shape index (κ2) is 16.2. The maximum absolute atomic E-state index is 12.4. The van der Waals surface area contributed by atoms with Crippen molar-refractivity contribution >= 4 is 44.1 Å². The van der Waals surface area contributed by atoms with Crippen LogP contribution < -0.4 is 0 Å². The number of esters is 1. The van der Waals surface area contributed by atoms with E-state index in [0.717, 1.165) is 0 Å². The molecule has 0 aromatic carbocycles. The minimum atomic E-state index is -3.30. The second-order valence-electron chi connectivity index (χ2n) is 15.7. The molecular weight excluding hydrogens is 605 g/mol. The molecule has 3 saturated carbocycles. The first-order valence-corrected chi connectivity index (χ1v) is 23.3. The van der Waals surface area contributed by atoms with Crippen LogP contribution in [0.25, 0.3) is 0 Å². The number of carbonyl (C=O) groups is 1. The van der Waals surface area contributed by atoms with E-state index in [2.05, 4.69) is 55.0 Å². The van der Waals surface area contributed by atoms with Crippen LogP contribution in [-0.4, -0.2) is 56.1 Å². The summed E-state index contributed by atoms with van der Waals surface area (Å²) in [5.74, 6) is 1.53. The van der Waals surface area contributed by atoms with Gasteiger partial charge in [0.1, 0.15) is 5.73 Å². The first-order chi connectivity index (χ1) is 20.2. The van der Waals surface area contributed by atoms with Gasteiger partial charge in [0.05, 0.1) is 0 Å². The Morgan fingerprint density at radius 2 is 1.16 bits per heavy atom. The van der Waals surface area contributed by atoms with E-state index in [4.69, 9.17) is 21.8 Å². The van der Waals surface area contributed by atoms with Crippen molar-refractivity contribution < 1.29 is 26.6 Å². The summed E-state index contributed by atoms with van der Waals surface area (Å²) in [5.41, 5.74) is 0.0287. The number of carbonyl (C=O) groups excluding carboxylic acids is 1. The summed E-state index contributed by atoms with van der Waals surface area (Å²) in [7, 11) is -6.33. The largest absolute Gasteiger partial charge is 0.499 e. The van der Waals surface area contributed by atoms with E-state index < -0.39 is 50.4 Å². The van der Waals surface area contributed by atoms with Crippen LogP contribution in [0.15, 0.2) is 12.2 Å². The van der Waals surface area contributed by atoms with Crippen LogP contribution in [-0.2, 0) is 26.6 Å². The van der Waals surface area contributed by atoms with Crippen LogP contribution in [0, 0.1) is 17.8 Å². The van der Waals surface area contributed by atoms with Crippen molar-refractivity contribution in [1.82, 2.24) is 0 Å². The van der Waals surface area contributed by atoms with Crippen molar-refractivity contribution in [2.75, 3.05) is 0 Å². The topological polar surface area (TPSA) is 63.2 Å². The highest BCUT2D eigenvalue weighted by Gasteiger charge is 2.54. The zero-order valence-corrected chi connectivity index (χ0v) is 34.6. The third-order valence-corrected chi connectivity index (χ3v) is 25.0. The van der Waals surface area contributed by atoms with E-state index in [0.29, 0.717) is 29.7 Å². The molecule has 3 rings (SSSR count). The highest BCUT2D eigenvalue weighted by Crippen LogP contribution is 2.50. The molecule has 0 N–H and O–H groups in total. The molecule has 0 radical (unpaired) electrons. The Bertz CT molecular complexity index is 843. The molecule has 250 valence electrons. The van der Waals surface area contributed by atoms with Crippen molar-refractivity contribution in [3.63, 3.8) is 0 Å². The normalized spacial score (nSPS) is 37.2. The van der Waals surface area contributed by atoms with Gasteiger partial charge in [-0.05, 0) is 72.4 Å². The summed E-state index contributed by atoms with van der Waals surface area (Å²) >= 11 is 0. The lowest BCUT2D eigenvalue weighted by Crippen LogP contribution is -2.62. The van der Waals surface area contributed by atoms with Gasteiger partial charge in [0.15, 0.2) is 29.3 Å². The fraction of sp³-hybridized carbons (Fsp3) is 0.909. The van der Waals surface area contributed by atoms with E-state index >= 15 is 0 Å². The first-order valence-electron chi connectivity index (χ1n) is 17.6. The Balaban J connectivity index is 1.98. The smallest absolute Gasteiger partial charge is 0.433 e. The van der Waals surface area contributed by atoms with Gasteiger partial charge in [0.25, 0.3) is 0 Å². The summed E-state index contributed by atoms with van der Waals surface area (Å²) in [6, 6.07) is 0. The lowest BCUT2D eigenvalue weighted by molar-refractivity contribution is -0.177. The highest BCUT2D eigenvalue weighted by molar-refractivity contribution is 6.75. The quantitative estimate of drug-likeness (QED) is 0.0796. The minimum absolute atomic E-state index is 0.229. The Labute approximate surface area is 272 Å². The molecule has 0 spiro atoms. The SMILES string of the molecule is C=C(C)C(=O)OC(C)OC(CC)[Si](O[SiH2]C1(C)CCCCC1C)(O[SiH2]C1(C)CCCCC1C)O[SiH2]C1(C)CCCCC1C. The van der Waals surface area contributed by atoms with Crippen molar-refractivity contribution in [3.8, 4) is 0 Å². The van der Waals surface area contributed by atoms with Gasteiger partial charge in [-0.25, -0.2) is 4.79 Å². The minimum Gasteiger partial charge on any atom is -0.433 e. The van der Waals surface area contributed by atoms with Gasteiger partial charge in [-0.2, -0.15) is 0 Å². The van der Waals surface area contributed by atoms with Gasteiger partial charge in [0.2, 0.25) is 6.29 Å². The Hall–Kier alpha value is -0.0825. The molecule has 0 amide bonds. The van der Waals surface area contributed by atoms with E-state index in [1.807, 2.05) is 6.92 Å². The average molecular weight is 671 g/mol. The molecule has 0 aliphatic heterocycles. The van der Waals surface area contributed by atoms with Gasteiger partial charge in [-0.1, -0.05) is 113 Å². The third-order valence-electron chi connectivity index (χ3n) is 12.0. The molecule has 0 aromatic heterocycles. The predicted molar refractivity (Wildman–Crippen MR) is 188 cm³/mol. The van der Waals surface area contributed by atoms with Crippen LogP contribution in [0.4, 0.5) is 0 Å². The molecule has 0 bridgehead atoms. The molecule has 3 fully saturated rings. The average Bonchev–Trinajstić information content (AvgIpc) is 2.97. The van der Waals surface area contributed by atoms with Crippen LogP contribution in [0.1, 0.15) is 146 Å². The highest BCUT2D eigenvalue weighted by atomic mass is 28.5. The molecule has 10 heteroatoms. The molecule has 3 aliphatic carbocycles. The number of rotatable bonds is 15. The van der Waals surface area contributed by atoms with Gasteiger partial charge >= 0.3 is 14.8 Å². The van der Waals surface area contributed by atoms with Crippen LogP contribution >= 0.6 is 0 Å². The summed E-state index contributed by atoms with van der Waals surface area (Å²) < 4.78 is 34.6. The fourth-order valence-corrected chi connectivity index (χ4v) is 22.9. The fourth-order valence-electron chi connectivity index (χ4n) is 7.51. The monoisotopic (exact) mass is 670 g/mol. The van der Waals surface area contributed by atoms with Crippen molar-refractivity contribution in [2.24, 2.45) is 17.8 Å². The molecule has 0 heterocycles. The third kappa shape index (κ3) is 9.71. The maximum atomic E-state index is 12.4. The molecule has 0 aromatic rings. The first kappa shape index (κ1) is 37.4. The number of ether oxygens (including phenoxy) is 2. The second-order valence-corrected chi connectivity index (χ2v) is 26.7. The number of hydrogen-bond donors (Lipinski definition) is 0. The lowest BCUT2D eigenvalue weighted by Gasteiger charge is -2.47. The van der Waals surface area contributed by atoms with Crippen LogP contribution in [0.5, 0.6) is 0 Å². The Morgan fingerprint density at radius 3 is 1.47 bits per heavy atom. The van der Waals surface area contributed by atoms with Crippen LogP contribution in [0.2, 0.25) is 15.1 Å². The van der Waals surface area contributed by atoms with Crippen molar-refractivity contribution in [3.05, 3.63) is 12.2 Å². The lowest BCUT2D eigenvalue weighted by atomic mass is 9.81. The van der Waals surface area contributed by atoms with Crippen LogP contribution in [0.3, 0.4) is 0 Å². The summed E-state index contributed by atoms with van der Waals surface area (Å²) in [5, 5.41) is 0.687. The summed E-state index contributed by atoms with van der Waals surface area (Å²) in [6.07, 6.45) is 15.3. The zero-order chi connectivity index (χ0) is 31.9. The van der Waals surface area contributed by atoms with Gasteiger partial charge < -0.3 is 21.8 Å². The van der Waals surface area contributed by atoms with Gasteiger partial charge in [0, 0.05) is 5.57 Å². The molecule has 3 aliphatic rings.